The molecule has 5 nitrogen and oxygen atoms in total. The van der Waals surface area contributed by atoms with Gasteiger partial charge >= 0.3 is 12.3 Å². The van der Waals surface area contributed by atoms with Crippen molar-refractivity contribution >= 4 is 18.4 Å². The van der Waals surface area contributed by atoms with Gasteiger partial charge in [-0.25, -0.2) is 4.39 Å². The normalized spacial score (nSPS) is 14.0. The Morgan fingerprint density at radius 2 is 1.88 bits per heavy atom. The minimum Gasteiger partial charge on any atom is -0.430 e. The molecule has 0 aliphatic carbocycles. The number of halogens is 6. The second-order valence-corrected chi connectivity index (χ2v) is 5.38. The molecule has 0 bridgehead atoms. The lowest BCUT2D eigenvalue weighted by Crippen LogP contribution is -2.45. The molecule has 0 saturated carbocycles. The van der Waals surface area contributed by atoms with Crippen LogP contribution >= 0.6 is 12.2 Å². The van der Waals surface area contributed by atoms with E-state index in [1.54, 1.807) is 0 Å². The first kappa shape index (κ1) is 19.9. The fourth-order valence-electron chi connectivity index (χ4n) is 1.82. The van der Waals surface area contributed by atoms with Crippen LogP contribution in [-0.2, 0) is 6.42 Å². The summed E-state index contributed by atoms with van der Waals surface area (Å²) in [6, 6.07) is 4.44. The zero-order valence-corrected chi connectivity index (χ0v) is 13.9. The summed E-state index contributed by atoms with van der Waals surface area (Å²) in [5.74, 6) is -0.0693. The summed E-state index contributed by atoms with van der Waals surface area (Å²) in [5, 5.41) is 10.6. The number of aryl methyl sites for hydroxylation is 1. The minimum atomic E-state index is -5.74. The Bertz CT molecular complexity index is 827. The van der Waals surface area contributed by atoms with Gasteiger partial charge in [-0.15, -0.1) is 0 Å². The van der Waals surface area contributed by atoms with Crippen molar-refractivity contribution in [2.45, 2.75) is 31.8 Å². The van der Waals surface area contributed by atoms with Crippen molar-refractivity contribution in [3.05, 3.63) is 40.4 Å². The van der Waals surface area contributed by atoms with Crippen LogP contribution in [0.25, 0.3) is 0 Å². The smallest absolute Gasteiger partial charge is 0.430 e. The summed E-state index contributed by atoms with van der Waals surface area (Å²) in [7, 11) is 0. The second-order valence-electron chi connectivity index (χ2n) is 4.99. The number of H-pyrrole nitrogens is 1. The zero-order valence-electron chi connectivity index (χ0n) is 13.1. The zero-order chi connectivity index (χ0) is 19.5. The van der Waals surface area contributed by atoms with Crippen LogP contribution in [0.4, 0.5) is 26.3 Å². The van der Waals surface area contributed by atoms with Gasteiger partial charge in [0, 0.05) is 6.42 Å². The van der Waals surface area contributed by atoms with Crippen LogP contribution < -0.4 is 4.74 Å². The molecule has 1 aromatic heterocycles. The molecule has 12 heteroatoms. The molecule has 0 fully saturated rings. The summed E-state index contributed by atoms with van der Waals surface area (Å²) in [6.07, 6.45) is -13.3. The standard InChI is InChI=1S/C14H12F6N4OS/c1-2-10-22-23-12(26)24(10)21-7-8-3-5-9(6-4-8)25-14(19,20)11(15)13(16,17)18/h3-7,11H,2H2,1H3,(H,23,26)/b21-7-/t11-/m0/s1. The molecule has 0 amide bonds. The maximum absolute atomic E-state index is 13.2. The maximum Gasteiger partial charge on any atom is 0.439 e. The lowest BCUT2D eigenvalue weighted by Gasteiger charge is -2.23. The molecule has 0 saturated heterocycles. The highest BCUT2D eigenvalue weighted by atomic mass is 32.1. The van der Waals surface area contributed by atoms with Crippen molar-refractivity contribution in [1.29, 1.82) is 0 Å². The second kappa shape index (κ2) is 7.48. The molecule has 0 aliphatic heterocycles. The molecule has 0 radical (unpaired) electrons. The summed E-state index contributed by atoms with van der Waals surface area (Å²) >= 11 is 4.99. The van der Waals surface area contributed by atoms with Gasteiger partial charge in [-0.05, 0) is 42.0 Å². The van der Waals surface area contributed by atoms with E-state index in [4.69, 9.17) is 12.2 Å². The summed E-state index contributed by atoms with van der Waals surface area (Å²) in [6.45, 7) is 1.84. The number of aromatic nitrogens is 3. The molecular formula is C14H12F6N4OS. The van der Waals surface area contributed by atoms with Crippen molar-refractivity contribution in [2.75, 3.05) is 0 Å². The Morgan fingerprint density at radius 1 is 1.27 bits per heavy atom. The highest BCUT2D eigenvalue weighted by Gasteiger charge is 2.59. The molecule has 2 aromatic rings. The number of benzene rings is 1. The van der Waals surface area contributed by atoms with E-state index in [9.17, 15) is 26.3 Å². The molecule has 2 rings (SSSR count). The maximum atomic E-state index is 13.2. The predicted octanol–water partition coefficient (Wildman–Crippen LogP) is 4.26. The van der Waals surface area contributed by atoms with E-state index in [0.29, 0.717) is 17.8 Å². The number of hydrogen-bond acceptors (Lipinski definition) is 4. The van der Waals surface area contributed by atoms with Crippen molar-refractivity contribution < 1.29 is 31.1 Å². The van der Waals surface area contributed by atoms with Crippen LogP contribution in [0.2, 0.25) is 0 Å². The highest BCUT2D eigenvalue weighted by molar-refractivity contribution is 7.71. The molecule has 1 atom stereocenters. The molecular weight excluding hydrogens is 386 g/mol. The Balaban J connectivity index is 2.12. The summed E-state index contributed by atoms with van der Waals surface area (Å²) in [4.78, 5) is 0. The Kier molecular flexibility index (Phi) is 5.74. The highest BCUT2D eigenvalue weighted by Crippen LogP contribution is 2.36. The van der Waals surface area contributed by atoms with Gasteiger partial charge in [0.25, 0.3) is 6.17 Å². The molecule has 1 N–H and O–H groups in total. The molecule has 1 aromatic carbocycles. The number of hydrogen-bond donors (Lipinski definition) is 1. The van der Waals surface area contributed by atoms with Gasteiger partial charge in [-0.3, -0.25) is 5.10 Å². The van der Waals surface area contributed by atoms with Gasteiger partial charge in [-0.2, -0.15) is 36.8 Å². The molecule has 0 spiro atoms. The summed E-state index contributed by atoms with van der Waals surface area (Å²) in [5.41, 5.74) is 0.415. The third-order valence-corrected chi connectivity index (χ3v) is 3.34. The first-order chi connectivity index (χ1) is 12.0. The van der Waals surface area contributed by atoms with E-state index in [1.807, 2.05) is 6.92 Å². The van der Waals surface area contributed by atoms with E-state index in [0.717, 1.165) is 12.1 Å². The number of aromatic amines is 1. The van der Waals surface area contributed by atoms with Gasteiger partial charge < -0.3 is 4.74 Å². The fourth-order valence-corrected chi connectivity index (χ4v) is 2.02. The topological polar surface area (TPSA) is 55.2 Å². The van der Waals surface area contributed by atoms with E-state index in [-0.39, 0.29) is 4.77 Å². The van der Waals surface area contributed by atoms with Crippen LogP contribution in [0.3, 0.4) is 0 Å². The fraction of sp³-hybridized carbons (Fsp3) is 0.357. The SMILES string of the molecule is CCc1n[nH]c(=S)n1/N=C\c1ccc(OC(F)(F)[C@@H](F)C(F)(F)F)cc1. The lowest BCUT2D eigenvalue weighted by atomic mass is 10.2. The first-order valence-corrected chi connectivity index (χ1v) is 7.53. The van der Waals surface area contributed by atoms with Crippen molar-refractivity contribution in [3.8, 4) is 5.75 Å². The molecule has 1 heterocycles. The number of rotatable bonds is 6. The van der Waals surface area contributed by atoms with Gasteiger partial charge in [0.05, 0.1) is 6.21 Å². The molecule has 0 unspecified atom stereocenters. The van der Waals surface area contributed by atoms with Crippen molar-refractivity contribution in [3.63, 3.8) is 0 Å². The van der Waals surface area contributed by atoms with E-state index in [1.165, 1.54) is 23.0 Å². The third-order valence-electron chi connectivity index (χ3n) is 3.07. The van der Waals surface area contributed by atoms with Crippen molar-refractivity contribution in [1.82, 2.24) is 14.9 Å². The third kappa shape index (κ3) is 4.62. The van der Waals surface area contributed by atoms with E-state index >= 15 is 0 Å². The van der Waals surface area contributed by atoms with E-state index < -0.39 is 24.2 Å². The number of ether oxygens (including phenoxy) is 1. The first-order valence-electron chi connectivity index (χ1n) is 7.13. The van der Waals surface area contributed by atoms with Crippen LogP contribution in [-0.4, -0.2) is 39.5 Å². The van der Waals surface area contributed by atoms with Crippen LogP contribution in [0, 0.1) is 4.77 Å². The number of nitrogens with zero attached hydrogens (tertiary/aromatic N) is 3. The molecule has 0 aliphatic rings. The van der Waals surface area contributed by atoms with E-state index in [2.05, 4.69) is 20.0 Å². The van der Waals surface area contributed by atoms with Gasteiger partial charge in [0.2, 0.25) is 4.77 Å². The minimum absolute atomic E-state index is 0.249. The van der Waals surface area contributed by atoms with Crippen molar-refractivity contribution in [2.24, 2.45) is 5.10 Å². The van der Waals surface area contributed by atoms with Gasteiger partial charge in [0.1, 0.15) is 5.75 Å². The average Bonchev–Trinajstić information content (AvgIpc) is 2.92. The molecule has 142 valence electrons. The van der Waals surface area contributed by atoms with Crippen LogP contribution in [0.1, 0.15) is 18.3 Å². The largest absolute Gasteiger partial charge is 0.439 e. The van der Waals surface area contributed by atoms with Crippen LogP contribution in [0.5, 0.6) is 5.75 Å². The predicted molar refractivity (Wildman–Crippen MR) is 82.7 cm³/mol. The Hall–Kier alpha value is -2.37. The summed E-state index contributed by atoms with van der Waals surface area (Å²) < 4.78 is 80.8. The van der Waals surface area contributed by atoms with Crippen LogP contribution in [0.15, 0.2) is 29.4 Å². The lowest BCUT2D eigenvalue weighted by molar-refractivity contribution is -0.304. The molecule has 26 heavy (non-hydrogen) atoms. The number of nitrogens with one attached hydrogen (secondary N) is 1. The van der Waals surface area contributed by atoms with Gasteiger partial charge in [-0.1, -0.05) is 6.92 Å². The quantitative estimate of drug-likeness (QED) is 0.450. The van der Waals surface area contributed by atoms with Gasteiger partial charge in [0.15, 0.2) is 5.82 Å². The number of alkyl halides is 6. The Labute approximate surface area is 148 Å². The Morgan fingerprint density at radius 3 is 2.42 bits per heavy atom. The average molecular weight is 398 g/mol. The monoisotopic (exact) mass is 398 g/mol.